The zero-order chi connectivity index (χ0) is 19.3. The molecule has 1 aliphatic rings. The van der Waals surface area contributed by atoms with Crippen molar-refractivity contribution in [3.05, 3.63) is 60.0 Å². The number of para-hydroxylation sites is 1. The van der Waals surface area contributed by atoms with Gasteiger partial charge in [-0.2, -0.15) is 0 Å². The van der Waals surface area contributed by atoms with Crippen LogP contribution in [-0.2, 0) is 9.47 Å². The van der Waals surface area contributed by atoms with E-state index in [1.165, 1.54) is 0 Å². The highest BCUT2D eigenvalue weighted by atomic mass is 16.6. The lowest BCUT2D eigenvalue weighted by atomic mass is 10.1. The van der Waals surface area contributed by atoms with Crippen LogP contribution in [0.3, 0.4) is 0 Å². The van der Waals surface area contributed by atoms with E-state index in [4.69, 9.17) is 9.47 Å². The summed E-state index contributed by atoms with van der Waals surface area (Å²) in [6, 6.07) is 11.5. The maximum atomic E-state index is 12.9. The zero-order valence-corrected chi connectivity index (χ0v) is 15.5. The number of ether oxygens (including phenoxy) is 2. The first kappa shape index (κ1) is 18.3. The van der Waals surface area contributed by atoms with E-state index in [2.05, 4.69) is 20.6 Å². The predicted molar refractivity (Wildman–Crippen MR) is 102 cm³/mol. The number of rotatable bonds is 5. The molecule has 1 atom stereocenters. The van der Waals surface area contributed by atoms with E-state index in [0.717, 1.165) is 16.8 Å². The van der Waals surface area contributed by atoms with Gasteiger partial charge in [0.1, 0.15) is 5.69 Å². The molecule has 8 nitrogen and oxygen atoms in total. The summed E-state index contributed by atoms with van der Waals surface area (Å²) in [6.45, 7) is 3.93. The molecule has 0 bridgehead atoms. The molecule has 4 rings (SSSR count). The number of carbonyl (C=O) groups excluding carboxylic acids is 1. The molecule has 1 amide bonds. The Kier molecular flexibility index (Phi) is 5.41. The normalized spacial score (nSPS) is 16.7. The molecule has 0 aliphatic carbocycles. The van der Waals surface area contributed by atoms with Crippen LogP contribution in [0.25, 0.3) is 16.9 Å². The lowest BCUT2D eigenvalue weighted by Gasteiger charge is -2.22. The van der Waals surface area contributed by atoms with Gasteiger partial charge in [0.25, 0.3) is 5.91 Å². The number of amides is 1. The summed E-state index contributed by atoms with van der Waals surface area (Å²) in [5.41, 5.74) is 3.58. The van der Waals surface area contributed by atoms with Crippen molar-refractivity contribution < 1.29 is 14.3 Å². The molecule has 144 valence electrons. The van der Waals surface area contributed by atoms with E-state index in [1.54, 1.807) is 17.1 Å². The van der Waals surface area contributed by atoms with E-state index < -0.39 is 0 Å². The van der Waals surface area contributed by atoms with Crippen molar-refractivity contribution in [2.45, 2.75) is 13.0 Å². The third-order valence-corrected chi connectivity index (χ3v) is 4.56. The zero-order valence-electron chi connectivity index (χ0n) is 15.5. The largest absolute Gasteiger partial charge is 0.376 e. The molecular formula is C20H21N5O3. The Morgan fingerprint density at radius 1 is 1.21 bits per heavy atom. The number of carbonyl (C=O) groups is 1. The average molecular weight is 379 g/mol. The molecule has 0 spiro atoms. The molecule has 2 aromatic heterocycles. The van der Waals surface area contributed by atoms with Crippen LogP contribution in [-0.4, -0.2) is 58.4 Å². The van der Waals surface area contributed by atoms with E-state index in [-0.39, 0.29) is 17.7 Å². The van der Waals surface area contributed by atoms with E-state index >= 15 is 0 Å². The first-order valence-electron chi connectivity index (χ1n) is 9.13. The Balaban J connectivity index is 1.67. The number of hydrogen-bond acceptors (Lipinski definition) is 6. The molecule has 3 heterocycles. The van der Waals surface area contributed by atoms with Gasteiger partial charge in [-0.25, -0.2) is 4.68 Å². The second-order valence-corrected chi connectivity index (χ2v) is 6.50. The highest BCUT2D eigenvalue weighted by Crippen LogP contribution is 2.26. The number of nitrogens with one attached hydrogen (secondary N) is 1. The van der Waals surface area contributed by atoms with Gasteiger partial charge >= 0.3 is 0 Å². The molecule has 1 N–H and O–H groups in total. The number of hydrogen-bond donors (Lipinski definition) is 1. The molecule has 1 aromatic carbocycles. The number of aromatic nitrogens is 4. The van der Waals surface area contributed by atoms with Gasteiger partial charge < -0.3 is 14.8 Å². The quantitative estimate of drug-likeness (QED) is 0.727. The first-order valence-corrected chi connectivity index (χ1v) is 9.13. The molecule has 1 aliphatic heterocycles. The Hall–Kier alpha value is -3.10. The van der Waals surface area contributed by atoms with Gasteiger partial charge in [0.05, 0.1) is 31.6 Å². The Bertz CT molecular complexity index is 951. The van der Waals surface area contributed by atoms with Crippen LogP contribution in [0.1, 0.15) is 16.1 Å². The van der Waals surface area contributed by atoms with Crippen LogP contribution in [0, 0.1) is 6.92 Å². The summed E-state index contributed by atoms with van der Waals surface area (Å²) in [5.74, 6) is -0.305. The fourth-order valence-corrected chi connectivity index (χ4v) is 3.12. The van der Waals surface area contributed by atoms with Crippen molar-refractivity contribution in [2.24, 2.45) is 0 Å². The van der Waals surface area contributed by atoms with Gasteiger partial charge in [0.15, 0.2) is 5.69 Å². The van der Waals surface area contributed by atoms with Gasteiger partial charge in [0.2, 0.25) is 0 Å². The van der Waals surface area contributed by atoms with E-state index in [9.17, 15) is 4.79 Å². The molecule has 0 saturated carbocycles. The van der Waals surface area contributed by atoms with Crippen LogP contribution in [0.5, 0.6) is 0 Å². The summed E-state index contributed by atoms with van der Waals surface area (Å²) in [7, 11) is 0. The summed E-state index contributed by atoms with van der Waals surface area (Å²) in [4.78, 5) is 16.9. The fourth-order valence-electron chi connectivity index (χ4n) is 3.12. The lowest BCUT2D eigenvalue weighted by molar-refractivity contribution is -0.0855. The Morgan fingerprint density at radius 2 is 2.04 bits per heavy atom. The number of nitrogens with zero attached hydrogens (tertiary/aromatic N) is 4. The van der Waals surface area contributed by atoms with Crippen LogP contribution in [0.4, 0.5) is 0 Å². The third-order valence-electron chi connectivity index (χ3n) is 4.56. The van der Waals surface area contributed by atoms with Crippen molar-refractivity contribution in [1.29, 1.82) is 0 Å². The van der Waals surface area contributed by atoms with E-state index in [1.807, 2.05) is 43.3 Å². The SMILES string of the molecule is Cc1ccccc1-n1nnc(C(=O)NC[C@H]2COCCO2)c1-c1ccncc1. The van der Waals surface area contributed by atoms with Crippen molar-refractivity contribution >= 4 is 5.91 Å². The third kappa shape index (κ3) is 3.78. The van der Waals surface area contributed by atoms with Gasteiger partial charge in [-0.3, -0.25) is 9.78 Å². The monoisotopic (exact) mass is 379 g/mol. The second-order valence-electron chi connectivity index (χ2n) is 6.50. The minimum Gasteiger partial charge on any atom is -0.376 e. The molecule has 28 heavy (non-hydrogen) atoms. The summed E-state index contributed by atoms with van der Waals surface area (Å²) >= 11 is 0. The van der Waals surface area contributed by atoms with Crippen molar-refractivity contribution in [1.82, 2.24) is 25.3 Å². The topological polar surface area (TPSA) is 91.2 Å². The first-order chi connectivity index (χ1) is 13.7. The highest BCUT2D eigenvalue weighted by Gasteiger charge is 2.24. The summed E-state index contributed by atoms with van der Waals surface area (Å²) in [6.07, 6.45) is 3.20. The summed E-state index contributed by atoms with van der Waals surface area (Å²) in [5, 5.41) is 11.3. The maximum absolute atomic E-state index is 12.9. The van der Waals surface area contributed by atoms with Crippen molar-refractivity contribution in [2.75, 3.05) is 26.4 Å². The number of pyridine rings is 1. The molecule has 1 saturated heterocycles. The predicted octanol–water partition coefficient (Wildman–Crippen LogP) is 1.78. The molecular weight excluding hydrogens is 358 g/mol. The minimum absolute atomic E-state index is 0.159. The van der Waals surface area contributed by atoms with Gasteiger partial charge in [-0.1, -0.05) is 23.4 Å². The molecule has 8 heteroatoms. The van der Waals surface area contributed by atoms with Gasteiger partial charge in [0, 0.05) is 24.5 Å². The molecule has 1 fully saturated rings. The van der Waals surface area contributed by atoms with Gasteiger partial charge in [-0.15, -0.1) is 5.10 Å². The lowest BCUT2D eigenvalue weighted by Crippen LogP contribution is -2.40. The standard InChI is InChI=1S/C20H21N5O3/c1-14-4-2-3-5-17(14)25-19(15-6-8-21-9-7-15)18(23-24-25)20(26)22-12-16-13-27-10-11-28-16/h2-9,16H,10-13H2,1H3,(H,22,26)/t16-/m0/s1. The van der Waals surface area contributed by atoms with E-state index in [0.29, 0.717) is 32.1 Å². The summed E-state index contributed by atoms with van der Waals surface area (Å²) < 4.78 is 12.6. The number of aryl methyl sites for hydroxylation is 1. The van der Waals surface area contributed by atoms with Gasteiger partial charge in [-0.05, 0) is 30.7 Å². The molecule has 0 unspecified atom stereocenters. The Labute approximate surface area is 162 Å². The average Bonchev–Trinajstić information content (AvgIpc) is 3.19. The Morgan fingerprint density at radius 3 is 2.79 bits per heavy atom. The maximum Gasteiger partial charge on any atom is 0.274 e. The van der Waals surface area contributed by atoms with Crippen LogP contribution in [0.2, 0.25) is 0 Å². The van der Waals surface area contributed by atoms with Crippen LogP contribution in [0.15, 0.2) is 48.8 Å². The van der Waals surface area contributed by atoms with Crippen molar-refractivity contribution in [3.63, 3.8) is 0 Å². The van der Waals surface area contributed by atoms with Crippen LogP contribution >= 0.6 is 0 Å². The fraction of sp³-hybridized carbons (Fsp3) is 0.300. The molecule has 0 radical (unpaired) electrons. The highest BCUT2D eigenvalue weighted by molar-refractivity contribution is 5.98. The van der Waals surface area contributed by atoms with Crippen LogP contribution < -0.4 is 5.32 Å². The minimum atomic E-state index is -0.305. The van der Waals surface area contributed by atoms with Crippen molar-refractivity contribution in [3.8, 4) is 16.9 Å². The second kappa shape index (κ2) is 8.28. The smallest absolute Gasteiger partial charge is 0.274 e. The number of benzene rings is 1. The molecule has 3 aromatic rings.